The van der Waals surface area contributed by atoms with Crippen molar-refractivity contribution in [3.8, 4) is 22.3 Å². The van der Waals surface area contributed by atoms with Crippen molar-refractivity contribution in [3.63, 3.8) is 0 Å². The van der Waals surface area contributed by atoms with Gasteiger partial charge in [-0.2, -0.15) is 0 Å². The molecule has 33 heavy (non-hydrogen) atoms. The topological polar surface area (TPSA) is 52.6 Å². The first-order chi connectivity index (χ1) is 16.0. The van der Waals surface area contributed by atoms with E-state index in [1.807, 2.05) is 60.7 Å². The minimum Gasteiger partial charge on any atom is -0.462 e. The van der Waals surface area contributed by atoms with Crippen LogP contribution in [0.2, 0.25) is 0 Å². The van der Waals surface area contributed by atoms with Gasteiger partial charge in [-0.1, -0.05) is 80.6 Å². The maximum atomic E-state index is 12.6. The molecule has 4 rings (SSSR count). The predicted octanol–water partition coefficient (Wildman–Crippen LogP) is 6.81. The first kappa shape index (κ1) is 22.5. The van der Waals surface area contributed by atoms with Gasteiger partial charge in [0.15, 0.2) is 0 Å². The minimum absolute atomic E-state index is 0.286. The van der Waals surface area contributed by atoms with Crippen molar-refractivity contribution in [2.45, 2.75) is 32.6 Å². The van der Waals surface area contributed by atoms with Crippen LogP contribution in [0.1, 0.15) is 58.9 Å². The Labute approximate surface area is 194 Å². The number of hydrogen-bond acceptors (Lipinski definition) is 4. The van der Waals surface area contributed by atoms with Crippen molar-refractivity contribution in [3.05, 3.63) is 95.6 Å². The number of esters is 2. The van der Waals surface area contributed by atoms with E-state index in [1.54, 1.807) is 6.07 Å². The Kier molecular flexibility index (Phi) is 7.04. The molecular weight excluding hydrogens is 412 g/mol. The van der Waals surface area contributed by atoms with Gasteiger partial charge >= 0.3 is 11.9 Å². The highest BCUT2D eigenvalue weighted by Crippen LogP contribution is 2.30. The van der Waals surface area contributed by atoms with Crippen LogP contribution in [0, 0.1) is 0 Å². The summed E-state index contributed by atoms with van der Waals surface area (Å²) in [6.45, 7) is 4.84. The van der Waals surface area contributed by atoms with Crippen LogP contribution in [-0.2, 0) is 9.47 Å². The van der Waals surface area contributed by atoms with Crippen LogP contribution in [0.4, 0.5) is 0 Å². The van der Waals surface area contributed by atoms with Crippen LogP contribution in [0.3, 0.4) is 0 Å². The van der Waals surface area contributed by atoms with Crippen molar-refractivity contribution >= 4 is 11.9 Å². The fourth-order valence-electron chi connectivity index (χ4n) is 3.91. The van der Waals surface area contributed by atoms with Crippen LogP contribution in [0.15, 0.2) is 78.9 Å². The molecule has 0 unspecified atom stereocenters. The average Bonchev–Trinajstić information content (AvgIpc) is 3.22. The molecule has 0 bridgehead atoms. The van der Waals surface area contributed by atoms with Crippen molar-refractivity contribution < 1.29 is 19.1 Å². The van der Waals surface area contributed by atoms with E-state index in [0.29, 0.717) is 29.9 Å². The largest absolute Gasteiger partial charge is 0.462 e. The summed E-state index contributed by atoms with van der Waals surface area (Å²) in [7, 11) is 0. The first-order valence-corrected chi connectivity index (χ1v) is 11.4. The van der Waals surface area contributed by atoms with Crippen LogP contribution < -0.4 is 0 Å². The number of unbranched alkanes of at least 4 members (excludes halogenated alkanes) is 1. The molecule has 0 aromatic rings. The zero-order valence-corrected chi connectivity index (χ0v) is 19.0. The zero-order valence-electron chi connectivity index (χ0n) is 19.0. The molecule has 0 atom stereocenters. The summed E-state index contributed by atoms with van der Waals surface area (Å²) in [5.41, 5.74) is 6.17. The van der Waals surface area contributed by atoms with Gasteiger partial charge < -0.3 is 9.47 Å². The van der Waals surface area contributed by atoms with Crippen molar-refractivity contribution in [1.82, 2.24) is 0 Å². The smallest absolute Gasteiger partial charge is 0.338 e. The van der Waals surface area contributed by atoms with E-state index in [9.17, 15) is 9.59 Å². The molecule has 0 spiro atoms. The van der Waals surface area contributed by atoms with Gasteiger partial charge in [-0.3, -0.25) is 0 Å². The van der Waals surface area contributed by atoms with Crippen molar-refractivity contribution in [2.24, 2.45) is 0 Å². The lowest BCUT2D eigenvalue weighted by molar-refractivity contribution is 0.0434. The van der Waals surface area contributed by atoms with Gasteiger partial charge in [-0.25, -0.2) is 9.59 Å². The van der Waals surface area contributed by atoms with Crippen LogP contribution in [-0.4, -0.2) is 25.2 Å². The minimum atomic E-state index is -0.328. The summed E-state index contributed by atoms with van der Waals surface area (Å²) in [6, 6.07) is 25.4. The molecule has 4 heteroatoms. The number of hydrogen-bond donors (Lipinski definition) is 0. The molecule has 4 aliphatic carbocycles. The Morgan fingerprint density at radius 3 is 1.91 bits per heavy atom. The summed E-state index contributed by atoms with van der Waals surface area (Å²) < 4.78 is 10.9. The van der Waals surface area contributed by atoms with Crippen molar-refractivity contribution in [1.29, 1.82) is 0 Å². The lowest BCUT2D eigenvalue weighted by Crippen LogP contribution is -2.09. The zero-order chi connectivity index (χ0) is 23.2. The highest BCUT2D eigenvalue weighted by Gasteiger charge is 2.18. The monoisotopic (exact) mass is 440 g/mol. The second-order valence-electron chi connectivity index (χ2n) is 8.45. The summed E-state index contributed by atoms with van der Waals surface area (Å²) in [5.74, 6) is -0.277. The average molecular weight is 441 g/mol. The van der Waals surface area contributed by atoms with Gasteiger partial charge in [0.05, 0.1) is 24.3 Å². The lowest BCUT2D eigenvalue weighted by Gasteiger charge is -2.08. The van der Waals surface area contributed by atoms with Crippen LogP contribution in [0.25, 0.3) is 22.3 Å². The third-order valence-electron chi connectivity index (χ3n) is 5.81. The molecule has 0 saturated heterocycles. The molecule has 0 aliphatic heterocycles. The Balaban J connectivity index is 1.25. The summed E-state index contributed by atoms with van der Waals surface area (Å²) in [6.07, 6.45) is 1.25. The van der Waals surface area contributed by atoms with E-state index >= 15 is 0 Å². The van der Waals surface area contributed by atoms with E-state index < -0.39 is 0 Å². The number of ether oxygens (including phenoxy) is 2. The third-order valence-corrected chi connectivity index (χ3v) is 5.81. The Hall–Kier alpha value is -3.66. The normalized spacial score (nSPS) is 11.1. The van der Waals surface area contributed by atoms with E-state index in [4.69, 9.17) is 9.47 Å². The fraction of sp³-hybridized carbons (Fsp3) is 0.241. The van der Waals surface area contributed by atoms with Gasteiger partial charge in [0.1, 0.15) is 0 Å². The Morgan fingerprint density at radius 2 is 1.24 bits per heavy atom. The van der Waals surface area contributed by atoms with Gasteiger partial charge in [0.25, 0.3) is 0 Å². The van der Waals surface area contributed by atoms with E-state index in [1.165, 1.54) is 5.56 Å². The maximum absolute atomic E-state index is 12.6. The molecule has 4 nitrogen and oxygen atoms in total. The molecule has 0 N–H and O–H groups in total. The summed E-state index contributed by atoms with van der Waals surface area (Å²) >= 11 is 0. The quantitative estimate of drug-likeness (QED) is 0.223. The van der Waals surface area contributed by atoms with E-state index in [2.05, 4.69) is 26.0 Å². The van der Waals surface area contributed by atoms with E-state index in [-0.39, 0.29) is 25.2 Å². The molecule has 0 aromatic heterocycles. The Morgan fingerprint density at radius 1 is 0.667 bits per heavy atom. The van der Waals surface area contributed by atoms with Gasteiger partial charge in [0.2, 0.25) is 0 Å². The molecule has 0 fully saturated rings. The van der Waals surface area contributed by atoms with Crippen molar-refractivity contribution in [2.75, 3.05) is 13.2 Å². The first-order valence-electron chi connectivity index (χ1n) is 11.4. The highest BCUT2D eigenvalue weighted by molar-refractivity contribution is 5.99. The highest BCUT2D eigenvalue weighted by atomic mass is 16.5. The molecule has 0 amide bonds. The maximum Gasteiger partial charge on any atom is 0.338 e. The molecule has 168 valence electrons. The number of carbonyl (C=O) groups excluding carboxylic acids is 2. The third kappa shape index (κ3) is 5.23. The van der Waals surface area contributed by atoms with Gasteiger partial charge in [0, 0.05) is 0 Å². The summed E-state index contributed by atoms with van der Waals surface area (Å²) in [4.78, 5) is 25.1. The molecule has 0 saturated carbocycles. The number of rotatable bonds is 8. The van der Waals surface area contributed by atoms with Gasteiger partial charge in [-0.05, 0) is 58.7 Å². The summed E-state index contributed by atoms with van der Waals surface area (Å²) in [5, 5.41) is 0. The standard InChI is InChI=1S/C29H28O4/c1-20(2)23-11-8-10-22-14-16-26(27(22)19-23)29(31)33-18-7-6-17-32-28(30)25-15-13-21-9-4-3-5-12-24(21)25/h3-5,8-16,19-20H,6-7,17-18H2,1-2H3. The SMILES string of the molecule is CC(C)c1cccc2ccc(C(=O)OCCCCOC(=O)c3ccc4cccccc3-4)c-2c1. The molecule has 0 radical (unpaired) electrons. The lowest BCUT2D eigenvalue weighted by atomic mass is 10.0. The fourth-order valence-corrected chi connectivity index (χ4v) is 3.91. The molecule has 0 heterocycles. The molecule has 0 aromatic carbocycles. The molecular formula is C29H28O4. The number of fused-ring (bicyclic) bond motifs is 2. The second kappa shape index (κ2) is 10.3. The predicted molar refractivity (Wildman–Crippen MR) is 130 cm³/mol. The second-order valence-corrected chi connectivity index (χ2v) is 8.45. The Bertz CT molecular complexity index is 1190. The van der Waals surface area contributed by atoms with Gasteiger partial charge in [-0.15, -0.1) is 0 Å². The van der Waals surface area contributed by atoms with Crippen LogP contribution >= 0.6 is 0 Å². The molecule has 4 aliphatic rings. The van der Waals surface area contributed by atoms with Crippen LogP contribution in [0.5, 0.6) is 0 Å². The number of carbonyl (C=O) groups is 2. The van der Waals surface area contributed by atoms with E-state index in [0.717, 1.165) is 22.3 Å².